The van der Waals surface area contributed by atoms with Crippen molar-refractivity contribution in [2.24, 2.45) is 0 Å². The van der Waals surface area contributed by atoms with Gasteiger partial charge in [-0.1, -0.05) is 6.92 Å². The number of carbonyl (C=O) groups excluding carboxylic acids is 1. The molecule has 2 heterocycles. The van der Waals surface area contributed by atoms with E-state index >= 15 is 0 Å². The Bertz CT molecular complexity index is 824. The number of aromatic nitrogens is 4. The lowest BCUT2D eigenvalue weighted by Gasteiger charge is -2.21. The molecule has 0 aliphatic heterocycles. The van der Waals surface area contributed by atoms with E-state index in [4.69, 9.17) is 0 Å². The number of nitrogens with zero attached hydrogens (tertiary/aromatic N) is 4. The quantitative estimate of drug-likeness (QED) is 0.834. The summed E-state index contributed by atoms with van der Waals surface area (Å²) in [5.41, 5.74) is 0.821. The average Bonchev–Trinajstić information content (AvgIpc) is 3.25. The predicted octanol–water partition coefficient (Wildman–Crippen LogP) is 3.05. The molecule has 0 saturated carbocycles. The Hall–Kier alpha value is -2.32. The zero-order chi connectivity index (χ0) is 19.8. The van der Waals surface area contributed by atoms with Crippen LogP contribution in [0.3, 0.4) is 0 Å². The van der Waals surface area contributed by atoms with Gasteiger partial charge in [-0.15, -0.1) is 0 Å². The standard InChI is InChI=1S/C18H24F3N5O/c1-4-14(17(27)22-12(3)10-25-9-8-11(2)23-25)26-15-7-5-6-13(15)16(24-26)18(19,20)21/h8-9,12,14H,4-7,10H2,1-3H3,(H,22,27)/t12-,14+/m0/s1. The lowest BCUT2D eigenvalue weighted by molar-refractivity contribution is -0.142. The van der Waals surface area contributed by atoms with Crippen molar-refractivity contribution in [2.75, 3.05) is 0 Å². The first kappa shape index (κ1) is 19.4. The van der Waals surface area contributed by atoms with Crippen molar-refractivity contribution in [3.8, 4) is 0 Å². The van der Waals surface area contributed by atoms with Crippen molar-refractivity contribution in [3.05, 3.63) is 34.9 Å². The van der Waals surface area contributed by atoms with Crippen LogP contribution in [-0.2, 0) is 30.4 Å². The fourth-order valence-electron chi connectivity index (χ4n) is 3.65. The smallest absolute Gasteiger partial charge is 0.350 e. The van der Waals surface area contributed by atoms with Crippen LogP contribution in [0, 0.1) is 6.92 Å². The molecule has 2 atom stereocenters. The van der Waals surface area contributed by atoms with E-state index in [1.165, 1.54) is 4.68 Å². The highest BCUT2D eigenvalue weighted by atomic mass is 19.4. The molecule has 27 heavy (non-hydrogen) atoms. The molecular formula is C18H24F3N5O. The summed E-state index contributed by atoms with van der Waals surface area (Å²) in [4.78, 5) is 12.8. The Kier molecular flexibility index (Phi) is 5.30. The molecule has 1 aliphatic carbocycles. The van der Waals surface area contributed by atoms with Crippen LogP contribution in [0.1, 0.15) is 55.4 Å². The number of amides is 1. The molecule has 0 bridgehead atoms. The van der Waals surface area contributed by atoms with Crippen molar-refractivity contribution in [1.29, 1.82) is 0 Å². The summed E-state index contributed by atoms with van der Waals surface area (Å²) in [7, 11) is 0. The molecule has 0 aromatic carbocycles. The molecule has 148 valence electrons. The van der Waals surface area contributed by atoms with E-state index < -0.39 is 17.9 Å². The van der Waals surface area contributed by atoms with Gasteiger partial charge in [0.05, 0.1) is 12.2 Å². The zero-order valence-corrected chi connectivity index (χ0v) is 15.7. The summed E-state index contributed by atoms with van der Waals surface area (Å²) in [6.07, 6.45) is -0.777. The highest BCUT2D eigenvalue weighted by Gasteiger charge is 2.41. The summed E-state index contributed by atoms with van der Waals surface area (Å²) in [5, 5.41) is 11.0. The van der Waals surface area contributed by atoms with Crippen molar-refractivity contribution >= 4 is 5.91 Å². The minimum atomic E-state index is -4.50. The second-order valence-corrected chi connectivity index (χ2v) is 7.08. The Morgan fingerprint density at radius 3 is 2.67 bits per heavy atom. The Labute approximate surface area is 155 Å². The molecule has 1 aliphatic rings. The third-order valence-electron chi connectivity index (χ3n) is 4.84. The SMILES string of the molecule is CC[C@H](C(=O)N[C@@H](C)Cn1ccc(C)n1)n1nc(C(F)(F)F)c2c1CCC2. The molecule has 1 amide bonds. The molecule has 0 spiro atoms. The van der Waals surface area contributed by atoms with E-state index in [1.54, 1.807) is 11.6 Å². The minimum Gasteiger partial charge on any atom is -0.350 e. The Morgan fingerprint density at radius 2 is 2.07 bits per heavy atom. The largest absolute Gasteiger partial charge is 0.435 e. The number of nitrogens with one attached hydrogen (secondary N) is 1. The van der Waals surface area contributed by atoms with Gasteiger partial charge in [0.25, 0.3) is 0 Å². The van der Waals surface area contributed by atoms with Crippen LogP contribution >= 0.6 is 0 Å². The monoisotopic (exact) mass is 383 g/mol. The molecule has 0 unspecified atom stereocenters. The van der Waals surface area contributed by atoms with Gasteiger partial charge in [0.15, 0.2) is 5.69 Å². The van der Waals surface area contributed by atoms with Crippen LogP contribution in [0.25, 0.3) is 0 Å². The third-order valence-corrected chi connectivity index (χ3v) is 4.84. The number of alkyl halides is 3. The first-order valence-electron chi connectivity index (χ1n) is 9.18. The second-order valence-electron chi connectivity index (χ2n) is 7.08. The molecular weight excluding hydrogens is 359 g/mol. The lowest BCUT2D eigenvalue weighted by Crippen LogP contribution is -2.41. The maximum Gasteiger partial charge on any atom is 0.435 e. The molecule has 3 rings (SSSR count). The molecule has 6 nitrogen and oxygen atoms in total. The fourth-order valence-corrected chi connectivity index (χ4v) is 3.65. The number of rotatable bonds is 6. The summed E-state index contributed by atoms with van der Waals surface area (Å²) in [5.74, 6) is -0.320. The van der Waals surface area contributed by atoms with Crippen LogP contribution in [-0.4, -0.2) is 31.5 Å². The van der Waals surface area contributed by atoms with Gasteiger partial charge < -0.3 is 5.32 Å². The van der Waals surface area contributed by atoms with Crippen molar-refractivity contribution in [1.82, 2.24) is 24.9 Å². The molecule has 9 heteroatoms. The number of hydrogen-bond donors (Lipinski definition) is 1. The van der Waals surface area contributed by atoms with Crippen LogP contribution in [0.4, 0.5) is 13.2 Å². The van der Waals surface area contributed by atoms with E-state index in [1.807, 2.05) is 26.1 Å². The van der Waals surface area contributed by atoms with E-state index in [0.29, 0.717) is 37.9 Å². The number of fused-ring (bicyclic) bond motifs is 1. The highest BCUT2D eigenvalue weighted by molar-refractivity contribution is 5.80. The second kappa shape index (κ2) is 7.36. The van der Waals surface area contributed by atoms with Gasteiger partial charge >= 0.3 is 6.18 Å². The molecule has 1 N–H and O–H groups in total. The third kappa shape index (κ3) is 4.01. The minimum absolute atomic E-state index is 0.212. The maximum absolute atomic E-state index is 13.3. The molecule has 0 fully saturated rings. The van der Waals surface area contributed by atoms with Gasteiger partial charge in [0, 0.05) is 23.5 Å². The molecule has 2 aromatic rings. The summed E-state index contributed by atoms with van der Waals surface area (Å²) >= 11 is 0. The van der Waals surface area contributed by atoms with E-state index in [-0.39, 0.29) is 17.5 Å². The van der Waals surface area contributed by atoms with Gasteiger partial charge in [-0.05, 0) is 45.6 Å². The molecule has 2 aromatic heterocycles. The number of aryl methyl sites for hydroxylation is 1. The number of hydrogen-bond acceptors (Lipinski definition) is 3. The summed E-state index contributed by atoms with van der Waals surface area (Å²) in [6.45, 7) is 5.99. The Morgan fingerprint density at radius 1 is 1.33 bits per heavy atom. The van der Waals surface area contributed by atoms with E-state index in [2.05, 4.69) is 15.5 Å². The maximum atomic E-state index is 13.3. The zero-order valence-electron chi connectivity index (χ0n) is 15.7. The van der Waals surface area contributed by atoms with Crippen molar-refractivity contribution < 1.29 is 18.0 Å². The number of carbonyl (C=O) groups is 1. The topological polar surface area (TPSA) is 64.7 Å². The van der Waals surface area contributed by atoms with Crippen LogP contribution < -0.4 is 5.32 Å². The van der Waals surface area contributed by atoms with E-state index in [9.17, 15) is 18.0 Å². The first-order chi connectivity index (χ1) is 12.7. The normalized spacial score (nSPS) is 16.2. The van der Waals surface area contributed by atoms with Crippen LogP contribution in [0.5, 0.6) is 0 Å². The van der Waals surface area contributed by atoms with Crippen molar-refractivity contribution in [3.63, 3.8) is 0 Å². The highest BCUT2D eigenvalue weighted by Crippen LogP contribution is 2.37. The van der Waals surface area contributed by atoms with Crippen LogP contribution in [0.15, 0.2) is 12.3 Å². The average molecular weight is 383 g/mol. The van der Waals surface area contributed by atoms with Gasteiger partial charge in [-0.25, -0.2) is 0 Å². The van der Waals surface area contributed by atoms with Crippen LogP contribution in [0.2, 0.25) is 0 Å². The first-order valence-corrected chi connectivity index (χ1v) is 9.18. The summed E-state index contributed by atoms with van der Waals surface area (Å²) < 4.78 is 42.9. The fraction of sp³-hybridized carbons (Fsp3) is 0.611. The molecule has 0 radical (unpaired) electrons. The van der Waals surface area contributed by atoms with E-state index in [0.717, 1.165) is 5.69 Å². The molecule has 0 saturated heterocycles. The predicted molar refractivity (Wildman–Crippen MR) is 93.2 cm³/mol. The van der Waals surface area contributed by atoms with Crippen molar-refractivity contribution in [2.45, 2.75) is 71.3 Å². The van der Waals surface area contributed by atoms with Gasteiger partial charge in [0.1, 0.15) is 6.04 Å². The van der Waals surface area contributed by atoms with Gasteiger partial charge in [0.2, 0.25) is 5.91 Å². The lowest BCUT2D eigenvalue weighted by atomic mass is 10.1. The summed E-state index contributed by atoms with van der Waals surface area (Å²) in [6, 6.07) is 0.904. The van der Waals surface area contributed by atoms with Gasteiger partial charge in [-0.2, -0.15) is 23.4 Å². The van der Waals surface area contributed by atoms with Gasteiger partial charge in [-0.3, -0.25) is 14.2 Å². The Balaban J connectivity index is 1.77. The number of halogens is 3.